The second-order valence-corrected chi connectivity index (χ2v) is 4.02. The van der Waals surface area contributed by atoms with Gasteiger partial charge in [-0.1, -0.05) is 0 Å². The van der Waals surface area contributed by atoms with Crippen molar-refractivity contribution in [3.05, 3.63) is 18.3 Å². The van der Waals surface area contributed by atoms with E-state index >= 15 is 0 Å². The molecule has 1 aromatic heterocycles. The van der Waals surface area contributed by atoms with Gasteiger partial charge in [0.1, 0.15) is 0 Å². The van der Waals surface area contributed by atoms with Crippen LogP contribution in [0.3, 0.4) is 0 Å². The van der Waals surface area contributed by atoms with E-state index in [0.717, 1.165) is 13.1 Å². The summed E-state index contributed by atoms with van der Waals surface area (Å²) in [6.07, 6.45) is 4.15. The maximum atomic E-state index is 9.63. The van der Waals surface area contributed by atoms with Crippen molar-refractivity contribution < 1.29 is 5.11 Å². The molecule has 4 nitrogen and oxygen atoms in total. The summed E-state index contributed by atoms with van der Waals surface area (Å²) in [5.41, 5.74) is 0. The summed E-state index contributed by atoms with van der Waals surface area (Å²) in [6.45, 7) is 2.00. The third-order valence-corrected chi connectivity index (χ3v) is 2.78. The maximum absolute atomic E-state index is 9.63. The lowest BCUT2D eigenvalue weighted by Crippen LogP contribution is -2.35. The quantitative estimate of drug-likeness (QED) is 0.775. The Morgan fingerprint density at radius 3 is 3.20 bits per heavy atom. The zero-order valence-electron chi connectivity index (χ0n) is 8.98. The Balaban J connectivity index is 2.00. The Morgan fingerprint density at radius 1 is 1.67 bits per heavy atom. The first-order valence-corrected chi connectivity index (χ1v) is 5.36. The van der Waals surface area contributed by atoms with Gasteiger partial charge in [-0.15, -0.1) is 0 Å². The molecule has 2 heterocycles. The van der Waals surface area contributed by atoms with Crippen LogP contribution in [-0.2, 0) is 0 Å². The van der Waals surface area contributed by atoms with E-state index in [2.05, 4.69) is 10.3 Å². The van der Waals surface area contributed by atoms with Crippen LogP contribution in [0, 0.1) is 0 Å². The van der Waals surface area contributed by atoms with Gasteiger partial charge in [0, 0.05) is 25.8 Å². The average Bonchev–Trinajstić information content (AvgIpc) is 2.71. The molecule has 0 spiro atoms. The molecule has 1 unspecified atom stereocenters. The molecule has 15 heavy (non-hydrogen) atoms. The molecule has 1 aliphatic heterocycles. The van der Waals surface area contributed by atoms with Crippen LogP contribution >= 0.6 is 0 Å². The van der Waals surface area contributed by atoms with E-state index in [4.69, 9.17) is 0 Å². The fourth-order valence-corrected chi connectivity index (χ4v) is 2.01. The molecule has 0 radical (unpaired) electrons. The molecule has 0 bridgehead atoms. The van der Waals surface area contributed by atoms with Gasteiger partial charge in [0.15, 0.2) is 11.6 Å². The van der Waals surface area contributed by atoms with Crippen molar-refractivity contribution in [1.82, 2.24) is 10.3 Å². The van der Waals surface area contributed by atoms with E-state index in [1.807, 2.05) is 11.9 Å². The SMILES string of the molecule is CN(CC1CCCN1)c1ncccc1O. The summed E-state index contributed by atoms with van der Waals surface area (Å²) in [7, 11) is 1.96. The van der Waals surface area contributed by atoms with E-state index < -0.39 is 0 Å². The first kappa shape index (κ1) is 10.2. The topological polar surface area (TPSA) is 48.4 Å². The van der Waals surface area contributed by atoms with Crippen molar-refractivity contribution in [2.24, 2.45) is 0 Å². The van der Waals surface area contributed by atoms with Crippen molar-refractivity contribution in [1.29, 1.82) is 0 Å². The van der Waals surface area contributed by atoms with E-state index in [9.17, 15) is 5.11 Å². The number of nitrogens with zero attached hydrogens (tertiary/aromatic N) is 2. The Bertz CT molecular complexity index is 323. The van der Waals surface area contributed by atoms with Crippen molar-refractivity contribution >= 4 is 5.82 Å². The van der Waals surface area contributed by atoms with Crippen molar-refractivity contribution in [2.45, 2.75) is 18.9 Å². The second-order valence-electron chi connectivity index (χ2n) is 4.02. The Morgan fingerprint density at radius 2 is 2.53 bits per heavy atom. The van der Waals surface area contributed by atoms with E-state index in [0.29, 0.717) is 11.9 Å². The molecule has 0 aliphatic carbocycles. The summed E-state index contributed by atoms with van der Waals surface area (Å²) in [6, 6.07) is 3.93. The Kier molecular flexibility index (Phi) is 3.06. The van der Waals surface area contributed by atoms with Crippen molar-refractivity contribution in [3.8, 4) is 5.75 Å². The third-order valence-electron chi connectivity index (χ3n) is 2.78. The highest BCUT2D eigenvalue weighted by Crippen LogP contribution is 2.22. The molecule has 1 saturated heterocycles. The number of aromatic nitrogens is 1. The zero-order chi connectivity index (χ0) is 10.7. The highest BCUT2D eigenvalue weighted by Gasteiger charge is 2.17. The summed E-state index contributed by atoms with van der Waals surface area (Å²) >= 11 is 0. The maximum Gasteiger partial charge on any atom is 0.170 e. The van der Waals surface area contributed by atoms with Crippen LogP contribution in [0.25, 0.3) is 0 Å². The lowest BCUT2D eigenvalue weighted by atomic mass is 10.2. The fraction of sp³-hybridized carbons (Fsp3) is 0.545. The van der Waals surface area contributed by atoms with E-state index in [1.165, 1.54) is 12.8 Å². The van der Waals surface area contributed by atoms with E-state index in [1.54, 1.807) is 18.3 Å². The molecule has 1 fully saturated rings. The number of pyridine rings is 1. The molecule has 0 amide bonds. The fourth-order valence-electron chi connectivity index (χ4n) is 2.01. The molecule has 2 N–H and O–H groups in total. The molecule has 1 atom stereocenters. The first-order valence-electron chi connectivity index (χ1n) is 5.36. The number of nitrogens with one attached hydrogen (secondary N) is 1. The minimum absolute atomic E-state index is 0.248. The van der Waals surface area contributed by atoms with Crippen LogP contribution in [0.5, 0.6) is 5.75 Å². The Hall–Kier alpha value is -1.29. The summed E-state index contributed by atoms with van der Waals surface area (Å²) in [4.78, 5) is 6.17. The number of rotatable bonds is 3. The molecule has 2 rings (SSSR count). The van der Waals surface area contributed by atoms with Gasteiger partial charge in [-0.2, -0.15) is 0 Å². The number of aromatic hydroxyl groups is 1. The predicted octanol–water partition coefficient (Wildman–Crippen LogP) is 0.975. The first-order chi connectivity index (χ1) is 7.27. The van der Waals surface area contributed by atoms with E-state index in [-0.39, 0.29) is 5.75 Å². The number of likely N-dealkylation sites (N-methyl/N-ethyl adjacent to an activating group) is 1. The molecule has 0 saturated carbocycles. The molecule has 1 aromatic rings. The normalized spacial score (nSPS) is 20.5. The van der Waals surface area contributed by atoms with Gasteiger partial charge in [0.2, 0.25) is 0 Å². The lowest BCUT2D eigenvalue weighted by molar-refractivity contribution is 0.470. The van der Waals surface area contributed by atoms with Crippen molar-refractivity contribution in [2.75, 3.05) is 25.0 Å². The average molecular weight is 207 g/mol. The predicted molar refractivity (Wildman–Crippen MR) is 60.2 cm³/mol. The van der Waals surface area contributed by atoms with Gasteiger partial charge in [-0.25, -0.2) is 4.98 Å². The van der Waals surface area contributed by atoms with Crippen LogP contribution < -0.4 is 10.2 Å². The van der Waals surface area contributed by atoms with Gasteiger partial charge in [-0.3, -0.25) is 0 Å². The highest BCUT2D eigenvalue weighted by molar-refractivity contribution is 5.50. The molecular weight excluding hydrogens is 190 g/mol. The van der Waals surface area contributed by atoms with Crippen molar-refractivity contribution in [3.63, 3.8) is 0 Å². The van der Waals surface area contributed by atoms with Gasteiger partial charge < -0.3 is 15.3 Å². The smallest absolute Gasteiger partial charge is 0.170 e. The molecule has 1 aliphatic rings. The monoisotopic (exact) mass is 207 g/mol. The summed E-state index contributed by atoms with van der Waals surface area (Å²) in [5, 5.41) is 13.1. The number of hydrogen-bond acceptors (Lipinski definition) is 4. The molecule has 82 valence electrons. The standard InChI is InChI=1S/C11H17N3O/c1-14(8-9-4-2-6-12-9)11-10(15)5-3-7-13-11/h3,5,7,9,12,15H,2,4,6,8H2,1H3. The minimum atomic E-state index is 0.248. The van der Waals surface area contributed by atoms with Gasteiger partial charge in [-0.05, 0) is 31.5 Å². The van der Waals surface area contributed by atoms with Gasteiger partial charge in [0.25, 0.3) is 0 Å². The molecule has 4 heteroatoms. The number of anilines is 1. The van der Waals surface area contributed by atoms with Crippen LogP contribution in [-0.4, -0.2) is 36.3 Å². The van der Waals surface area contributed by atoms with Crippen LogP contribution in [0.2, 0.25) is 0 Å². The van der Waals surface area contributed by atoms with Crippen LogP contribution in [0.4, 0.5) is 5.82 Å². The Labute approximate surface area is 89.9 Å². The molecule has 0 aromatic carbocycles. The largest absolute Gasteiger partial charge is 0.504 e. The minimum Gasteiger partial charge on any atom is -0.504 e. The zero-order valence-corrected chi connectivity index (χ0v) is 8.98. The lowest BCUT2D eigenvalue weighted by Gasteiger charge is -2.22. The summed E-state index contributed by atoms with van der Waals surface area (Å²) in [5.74, 6) is 0.907. The van der Waals surface area contributed by atoms with Gasteiger partial charge >= 0.3 is 0 Å². The van der Waals surface area contributed by atoms with Gasteiger partial charge in [0.05, 0.1) is 0 Å². The van der Waals surface area contributed by atoms with Crippen LogP contribution in [0.15, 0.2) is 18.3 Å². The highest BCUT2D eigenvalue weighted by atomic mass is 16.3. The second kappa shape index (κ2) is 4.49. The van der Waals surface area contributed by atoms with Crippen LogP contribution in [0.1, 0.15) is 12.8 Å². The number of hydrogen-bond donors (Lipinski definition) is 2. The summed E-state index contributed by atoms with van der Waals surface area (Å²) < 4.78 is 0. The third kappa shape index (κ3) is 2.39. The molecular formula is C11H17N3O.